The van der Waals surface area contributed by atoms with Crippen LogP contribution >= 0.6 is 15.9 Å². The lowest BCUT2D eigenvalue weighted by atomic mass is 10.0. The molecule has 4 heteroatoms. The van der Waals surface area contributed by atoms with E-state index in [1.54, 1.807) is 0 Å². The van der Waals surface area contributed by atoms with Crippen LogP contribution in [0.5, 0.6) is 0 Å². The van der Waals surface area contributed by atoms with Crippen LogP contribution in [0, 0.1) is 6.92 Å². The maximum Gasteiger partial charge on any atom is 0.132 e. The Morgan fingerprint density at radius 3 is 2.75 bits per heavy atom. The Morgan fingerprint density at radius 1 is 1.15 bits per heavy atom. The number of nitrogen functional groups attached to an aromatic ring is 1. The van der Waals surface area contributed by atoms with Gasteiger partial charge in [-0.2, -0.15) is 0 Å². The molecule has 1 aromatic carbocycles. The Kier molecular flexibility index (Phi) is 3.49. The van der Waals surface area contributed by atoms with Crippen molar-refractivity contribution < 1.29 is 0 Å². The third kappa shape index (κ3) is 2.43. The molecular weight excluding hydrogens is 314 g/mol. The van der Waals surface area contributed by atoms with Gasteiger partial charge in [-0.25, -0.2) is 4.98 Å². The number of nitrogens with zero attached hydrogens (tertiary/aromatic N) is 2. The van der Waals surface area contributed by atoms with Gasteiger partial charge >= 0.3 is 0 Å². The Labute approximate surface area is 126 Å². The van der Waals surface area contributed by atoms with Crippen LogP contribution in [0.3, 0.4) is 0 Å². The van der Waals surface area contributed by atoms with Crippen molar-refractivity contribution in [3.63, 3.8) is 0 Å². The first-order valence-electron chi connectivity index (χ1n) is 6.61. The second-order valence-electron chi connectivity index (χ2n) is 4.96. The van der Waals surface area contributed by atoms with E-state index in [1.165, 1.54) is 11.1 Å². The number of aryl methyl sites for hydroxylation is 3. The number of fused-ring (bicyclic) bond motifs is 1. The smallest absolute Gasteiger partial charge is 0.132 e. The average Bonchev–Trinajstić information content (AvgIpc) is 2.74. The van der Waals surface area contributed by atoms with Crippen LogP contribution in [0.1, 0.15) is 17.0 Å². The minimum Gasteiger partial charge on any atom is -0.398 e. The van der Waals surface area contributed by atoms with Crippen LogP contribution in [-0.4, -0.2) is 9.38 Å². The Balaban J connectivity index is 1.92. The lowest BCUT2D eigenvalue weighted by molar-refractivity contribution is 0.848. The first kappa shape index (κ1) is 13.2. The van der Waals surface area contributed by atoms with Crippen LogP contribution in [0.4, 0.5) is 5.69 Å². The predicted molar refractivity (Wildman–Crippen MR) is 85.9 cm³/mol. The third-order valence-electron chi connectivity index (χ3n) is 3.57. The Morgan fingerprint density at radius 2 is 1.95 bits per heavy atom. The van der Waals surface area contributed by atoms with Gasteiger partial charge in [0.15, 0.2) is 0 Å². The molecule has 0 saturated heterocycles. The number of halogens is 1. The van der Waals surface area contributed by atoms with Crippen molar-refractivity contribution in [1.82, 2.24) is 9.38 Å². The second-order valence-corrected chi connectivity index (χ2v) is 5.71. The molecule has 0 fully saturated rings. The number of aromatic nitrogens is 2. The monoisotopic (exact) mass is 329 g/mol. The fraction of sp³-hybridized carbons (Fsp3) is 0.188. The molecule has 2 N–H and O–H groups in total. The van der Waals surface area contributed by atoms with Crippen LogP contribution in [0.15, 0.2) is 47.2 Å². The van der Waals surface area contributed by atoms with Crippen molar-refractivity contribution in [3.8, 4) is 0 Å². The van der Waals surface area contributed by atoms with E-state index in [4.69, 9.17) is 5.73 Å². The van der Waals surface area contributed by atoms with Gasteiger partial charge in [-0.15, -0.1) is 0 Å². The number of hydrogen-bond acceptors (Lipinski definition) is 2. The highest BCUT2D eigenvalue weighted by molar-refractivity contribution is 9.10. The van der Waals surface area contributed by atoms with E-state index in [2.05, 4.69) is 56.5 Å². The van der Waals surface area contributed by atoms with Gasteiger partial charge < -0.3 is 10.1 Å². The molecule has 0 saturated carbocycles. The molecule has 102 valence electrons. The molecule has 0 atom stereocenters. The second kappa shape index (κ2) is 5.29. The number of benzene rings is 1. The lowest BCUT2D eigenvalue weighted by Crippen LogP contribution is -2.00. The maximum absolute atomic E-state index is 5.87. The minimum atomic E-state index is 0.750. The van der Waals surface area contributed by atoms with Gasteiger partial charge in [0.05, 0.1) is 5.52 Å². The van der Waals surface area contributed by atoms with E-state index in [0.717, 1.165) is 34.5 Å². The summed E-state index contributed by atoms with van der Waals surface area (Å²) in [5, 5.41) is 0. The highest BCUT2D eigenvalue weighted by Crippen LogP contribution is 2.21. The number of rotatable bonds is 3. The van der Waals surface area contributed by atoms with E-state index in [-0.39, 0.29) is 0 Å². The molecule has 3 nitrogen and oxygen atoms in total. The predicted octanol–water partition coefficient (Wildman–Crippen LogP) is 3.77. The maximum atomic E-state index is 5.87. The van der Waals surface area contributed by atoms with E-state index in [1.807, 2.05) is 18.3 Å². The molecule has 3 rings (SSSR count). The normalized spacial score (nSPS) is 11.1. The zero-order chi connectivity index (χ0) is 14.1. The summed E-state index contributed by atoms with van der Waals surface area (Å²) >= 11 is 3.51. The van der Waals surface area contributed by atoms with E-state index < -0.39 is 0 Å². The van der Waals surface area contributed by atoms with Gasteiger partial charge in [0, 0.05) is 18.3 Å². The molecule has 2 aromatic heterocycles. The van der Waals surface area contributed by atoms with Gasteiger partial charge in [0.1, 0.15) is 10.4 Å². The van der Waals surface area contributed by atoms with Crippen LogP contribution in [0.25, 0.3) is 5.52 Å². The molecule has 2 heterocycles. The fourth-order valence-corrected chi connectivity index (χ4v) is 2.96. The van der Waals surface area contributed by atoms with Crippen molar-refractivity contribution in [2.45, 2.75) is 19.8 Å². The van der Waals surface area contributed by atoms with Gasteiger partial charge in [-0.1, -0.05) is 24.3 Å². The van der Waals surface area contributed by atoms with E-state index in [0.29, 0.717) is 0 Å². The number of hydrogen-bond donors (Lipinski definition) is 1. The molecule has 0 amide bonds. The molecule has 20 heavy (non-hydrogen) atoms. The number of anilines is 1. The van der Waals surface area contributed by atoms with Crippen molar-refractivity contribution >= 4 is 27.1 Å². The largest absolute Gasteiger partial charge is 0.398 e. The molecule has 0 unspecified atom stereocenters. The molecule has 0 spiro atoms. The fourth-order valence-electron chi connectivity index (χ4n) is 2.44. The summed E-state index contributed by atoms with van der Waals surface area (Å²) in [6, 6.07) is 12.4. The summed E-state index contributed by atoms with van der Waals surface area (Å²) in [7, 11) is 0. The zero-order valence-electron chi connectivity index (χ0n) is 11.3. The van der Waals surface area contributed by atoms with Crippen molar-refractivity contribution in [3.05, 3.63) is 64.1 Å². The summed E-state index contributed by atoms with van der Waals surface area (Å²) in [4.78, 5) is 4.60. The molecule has 0 aliphatic carbocycles. The summed E-state index contributed by atoms with van der Waals surface area (Å²) < 4.78 is 2.94. The van der Waals surface area contributed by atoms with E-state index >= 15 is 0 Å². The number of imidazole rings is 1. The van der Waals surface area contributed by atoms with Gasteiger partial charge in [-0.3, -0.25) is 0 Å². The Hall–Kier alpha value is -1.81. The molecule has 3 aromatic rings. The Bertz CT molecular complexity index is 762. The average molecular weight is 330 g/mol. The quantitative estimate of drug-likeness (QED) is 0.794. The molecular formula is C16H16BrN3. The van der Waals surface area contributed by atoms with E-state index in [9.17, 15) is 0 Å². The zero-order valence-corrected chi connectivity index (χ0v) is 12.9. The van der Waals surface area contributed by atoms with Gasteiger partial charge in [0.25, 0.3) is 0 Å². The first-order valence-corrected chi connectivity index (χ1v) is 7.41. The minimum absolute atomic E-state index is 0.750. The van der Waals surface area contributed by atoms with Gasteiger partial charge in [0.2, 0.25) is 0 Å². The van der Waals surface area contributed by atoms with Gasteiger partial charge in [-0.05, 0) is 52.5 Å². The topological polar surface area (TPSA) is 43.3 Å². The lowest BCUT2D eigenvalue weighted by Gasteiger charge is -2.05. The standard InChI is InChI=1S/C16H16BrN3/c1-11-4-2-3-5-12(11)6-9-15-19-16(17)14-8-7-13(18)10-20(14)15/h2-5,7-8,10H,6,9,18H2,1H3. The third-order valence-corrected chi connectivity index (χ3v) is 4.15. The molecule has 0 bridgehead atoms. The van der Waals surface area contributed by atoms with Crippen LogP contribution in [0.2, 0.25) is 0 Å². The highest BCUT2D eigenvalue weighted by atomic mass is 79.9. The SMILES string of the molecule is Cc1ccccc1CCc1nc(Br)c2ccc(N)cn12. The highest BCUT2D eigenvalue weighted by Gasteiger charge is 2.09. The summed E-state index contributed by atoms with van der Waals surface area (Å²) in [6.07, 6.45) is 3.80. The van der Waals surface area contributed by atoms with Crippen molar-refractivity contribution in [2.24, 2.45) is 0 Å². The molecule has 0 aliphatic rings. The number of pyridine rings is 1. The molecule has 0 radical (unpaired) electrons. The van der Waals surface area contributed by atoms with Crippen molar-refractivity contribution in [2.75, 3.05) is 5.73 Å². The van der Waals surface area contributed by atoms with Crippen molar-refractivity contribution in [1.29, 1.82) is 0 Å². The first-order chi connectivity index (χ1) is 9.65. The van der Waals surface area contributed by atoms with Crippen LogP contribution < -0.4 is 5.73 Å². The summed E-state index contributed by atoms with van der Waals surface area (Å²) in [5.74, 6) is 1.03. The van der Waals surface area contributed by atoms with Crippen LogP contribution in [-0.2, 0) is 12.8 Å². The number of nitrogens with two attached hydrogens (primary N) is 1. The summed E-state index contributed by atoms with van der Waals surface area (Å²) in [5.41, 5.74) is 10.4. The summed E-state index contributed by atoms with van der Waals surface area (Å²) in [6.45, 7) is 2.15. The molecule has 0 aliphatic heterocycles.